The second-order valence-electron chi connectivity index (χ2n) is 5.67. The topological polar surface area (TPSA) is 73.3 Å². The van der Waals surface area contributed by atoms with E-state index >= 15 is 0 Å². The Hall–Kier alpha value is -2.78. The van der Waals surface area contributed by atoms with E-state index in [0.29, 0.717) is 21.8 Å². The van der Waals surface area contributed by atoms with Gasteiger partial charge in [0, 0.05) is 29.6 Å². The molecule has 0 unspecified atom stereocenters. The highest BCUT2D eigenvalue weighted by molar-refractivity contribution is 7.08. The smallest absolute Gasteiger partial charge is 0.395 e. The zero-order valence-electron chi connectivity index (χ0n) is 13.6. The van der Waals surface area contributed by atoms with E-state index in [1.807, 2.05) is 0 Å². The summed E-state index contributed by atoms with van der Waals surface area (Å²) in [6.07, 6.45) is -0.635. The van der Waals surface area contributed by atoms with Crippen LogP contribution in [-0.2, 0) is 0 Å². The fourth-order valence-electron chi connectivity index (χ4n) is 2.50. The number of ether oxygens (including phenoxy) is 2. The number of nitrogens with zero attached hydrogens (tertiary/aromatic N) is 2. The Morgan fingerprint density at radius 1 is 1.22 bits per heavy atom. The van der Waals surface area contributed by atoms with Crippen LogP contribution in [0, 0.1) is 6.92 Å². The van der Waals surface area contributed by atoms with Gasteiger partial charge in [-0.25, -0.2) is 9.36 Å². The summed E-state index contributed by atoms with van der Waals surface area (Å²) in [5, 5.41) is 2.88. The number of hydrogen-bond acceptors (Lipinski definition) is 6. The summed E-state index contributed by atoms with van der Waals surface area (Å²) < 4.78 is 39.1. The lowest BCUT2D eigenvalue weighted by Gasteiger charge is -2.08. The molecule has 1 amide bonds. The summed E-state index contributed by atoms with van der Waals surface area (Å²) in [7, 11) is 0. The lowest BCUT2D eigenvalue weighted by Crippen LogP contribution is -2.25. The predicted molar refractivity (Wildman–Crippen MR) is 95.7 cm³/mol. The number of carbonyl (C=O) groups excluding carboxylic acids is 1. The highest BCUT2D eigenvalue weighted by Gasteiger charge is 2.43. The third-order valence-electron chi connectivity index (χ3n) is 3.76. The van der Waals surface area contributed by atoms with Gasteiger partial charge in [-0.05, 0) is 42.2 Å². The number of anilines is 1. The standard InChI is InChI=1S/C17H10ClF2N3O3S/c1-8-6-22-27-15(8)16(24)23-14-3-2-9(7-21-14)10-4-12-13(5-11(10)18)26-17(19,20)25-12/h2-7H,1H3,(H,21,23,24). The lowest BCUT2D eigenvalue weighted by molar-refractivity contribution is -0.286. The number of rotatable bonds is 3. The quantitative estimate of drug-likeness (QED) is 0.676. The van der Waals surface area contributed by atoms with Crippen molar-refractivity contribution in [3.63, 3.8) is 0 Å². The van der Waals surface area contributed by atoms with E-state index in [0.717, 1.165) is 17.1 Å². The molecule has 3 aromatic rings. The number of halogens is 3. The Kier molecular flexibility index (Phi) is 4.20. The van der Waals surface area contributed by atoms with Crippen LogP contribution < -0.4 is 14.8 Å². The highest BCUT2D eigenvalue weighted by atomic mass is 35.5. The fourth-order valence-corrected chi connectivity index (χ4v) is 3.41. The maximum Gasteiger partial charge on any atom is 0.586 e. The normalized spacial score (nSPS) is 14.2. The Labute approximate surface area is 160 Å². The maximum absolute atomic E-state index is 13.2. The zero-order chi connectivity index (χ0) is 19.2. The van der Waals surface area contributed by atoms with E-state index in [1.54, 1.807) is 25.3 Å². The molecule has 1 aliphatic rings. The van der Waals surface area contributed by atoms with E-state index in [4.69, 9.17) is 11.6 Å². The van der Waals surface area contributed by atoms with Gasteiger partial charge in [0.15, 0.2) is 11.5 Å². The van der Waals surface area contributed by atoms with E-state index in [1.165, 1.54) is 18.3 Å². The number of hydrogen-bond donors (Lipinski definition) is 1. The van der Waals surface area contributed by atoms with Gasteiger partial charge < -0.3 is 14.8 Å². The molecule has 0 fully saturated rings. The summed E-state index contributed by atoms with van der Waals surface area (Å²) >= 11 is 7.26. The van der Waals surface area contributed by atoms with E-state index in [9.17, 15) is 13.6 Å². The Bertz CT molecular complexity index is 1040. The third-order valence-corrected chi connectivity index (χ3v) is 4.98. The molecule has 0 saturated carbocycles. The summed E-state index contributed by atoms with van der Waals surface area (Å²) in [6.45, 7) is 1.79. The van der Waals surface area contributed by atoms with Crippen molar-refractivity contribution in [1.82, 2.24) is 9.36 Å². The van der Waals surface area contributed by atoms with Crippen LogP contribution in [0.2, 0.25) is 5.02 Å². The molecule has 1 aliphatic heterocycles. The first-order chi connectivity index (χ1) is 12.8. The second kappa shape index (κ2) is 6.43. The molecule has 0 saturated heterocycles. The van der Waals surface area contributed by atoms with Crippen LogP contribution in [0.3, 0.4) is 0 Å². The second-order valence-corrected chi connectivity index (χ2v) is 6.88. The number of aromatic nitrogens is 2. The van der Waals surface area contributed by atoms with Crippen molar-refractivity contribution in [1.29, 1.82) is 0 Å². The van der Waals surface area contributed by atoms with Gasteiger partial charge in [0.1, 0.15) is 10.7 Å². The van der Waals surface area contributed by atoms with Crippen LogP contribution in [0.5, 0.6) is 11.5 Å². The molecule has 0 spiro atoms. The number of pyridine rings is 1. The molecule has 1 N–H and O–H groups in total. The average molecular weight is 410 g/mol. The lowest BCUT2D eigenvalue weighted by atomic mass is 10.1. The van der Waals surface area contributed by atoms with Gasteiger partial charge in [0.25, 0.3) is 5.91 Å². The first-order valence-electron chi connectivity index (χ1n) is 7.61. The molecule has 6 nitrogen and oxygen atoms in total. The molecule has 0 radical (unpaired) electrons. The number of carbonyl (C=O) groups is 1. The van der Waals surface area contributed by atoms with Crippen LogP contribution in [0.25, 0.3) is 11.1 Å². The number of aryl methyl sites for hydroxylation is 1. The fraction of sp³-hybridized carbons (Fsp3) is 0.118. The Morgan fingerprint density at radius 3 is 2.59 bits per heavy atom. The van der Waals surface area contributed by atoms with Crippen LogP contribution in [0.15, 0.2) is 36.7 Å². The van der Waals surface area contributed by atoms with Crippen LogP contribution >= 0.6 is 23.1 Å². The van der Waals surface area contributed by atoms with Crippen molar-refractivity contribution in [2.24, 2.45) is 0 Å². The molecule has 0 aliphatic carbocycles. The van der Waals surface area contributed by atoms with Crippen LogP contribution in [0.1, 0.15) is 15.2 Å². The van der Waals surface area contributed by atoms with Crippen molar-refractivity contribution in [2.45, 2.75) is 13.2 Å². The van der Waals surface area contributed by atoms with Crippen molar-refractivity contribution in [2.75, 3.05) is 5.32 Å². The minimum Gasteiger partial charge on any atom is -0.395 e. The number of benzene rings is 1. The first kappa shape index (κ1) is 17.6. The van der Waals surface area contributed by atoms with Gasteiger partial charge in [-0.2, -0.15) is 0 Å². The van der Waals surface area contributed by atoms with Gasteiger partial charge in [0.05, 0.1) is 5.02 Å². The number of amides is 1. The van der Waals surface area contributed by atoms with E-state index in [-0.39, 0.29) is 22.4 Å². The summed E-state index contributed by atoms with van der Waals surface area (Å²) in [4.78, 5) is 16.9. The molecular formula is C17H10ClF2N3O3S. The summed E-state index contributed by atoms with van der Waals surface area (Å²) in [6, 6.07) is 5.85. The molecule has 0 bridgehead atoms. The Balaban J connectivity index is 1.57. The van der Waals surface area contributed by atoms with E-state index < -0.39 is 6.29 Å². The van der Waals surface area contributed by atoms with Crippen molar-refractivity contribution < 1.29 is 23.0 Å². The molecular weight excluding hydrogens is 400 g/mol. The summed E-state index contributed by atoms with van der Waals surface area (Å²) in [5.41, 5.74) is 1.78. The molecule has 2 aromatic heterocycles. The van der Waals surface area contributed by atoms with E-state index in [2.05, 4.69) is 24.1 Å². The molecule has 0 atom stereocenters. The first-order valence-corrected chi connectivity index (χ1v) is 8.76. The van der Waals surface area contributed by atoms with Gasteiger partial charge in [-0.15, -0.1) is 8.78 Å². The van der Waals surface area contributed by atoms with Gasteiger partial charge in [-0.3, -0.25) is 4.79 Å². The van der Waals surface area contributed by atoms with Crippen LogP contribution in [0.4, 0.5) is 14.6 Å². The largest absolute Gasteiger partial charge is 0.586 e. The minimum atomic E-state index is -3.72. The van der Waals surface area contributed by atoms with Gasteiger partial charge in [-0.1, -0.05) is 11.6 Å². The molecule has 10 heteroatoms. The van der Waals surface area contributed by atoms with Gasteiger partial charge in [0.2, 0.25) is 0 Å². The number of fused-ring (bicyclic) bond motifs is 1. The molecule has 1 aromatic carbocycles. The minimum absolute atomic E-state index is 0.113. The van der Waals surface area contributed by atoms with Crippen molar-refractivity contribution in [3.05, 3.63) is 52.1 Å². The van der Waals surface area contributed by atoms with Crippen LogP contribution in [-0.4, -0.2) is 21.6 Å². The average Bonchev–Trinajstić information content (AvgIpc) is 3.16. The molecule has 4 rings (SSSR count). The monoisotopic (exact) mass is 409 g/mol. The zero-order valence-corrected chi connectivity index (χ0v) is 15.2. The number of nitrogens with one attached hydrogen (secondary N) is 1. The van der Waals surface area contributed by atoms with Crippen molar-refractivity contribution in [3.8, 4) is 22.6 Å². The number of alkyl halides is 2. The summed E-state index contributed by atoms with van der Waals surface area (Å²) in [5.74, 6) is -0.221. The molecule has 138 valence electrons. The maximum atomic E-state index is 13.2. The Morgan fingerprint density at radius 2 is 1.96 bits per heavy atom. The highest BCUT2D eigenvalue weighted by Crippen LogP contribution is 2.45. The third kappa shape index (κ3) is 3.43. The van der Waals surface area contributed by atoms with Crippen molar-refractivity contribution >= 4 is 34.9 Å². The molecule has 3 heterocycles. The SMILES string of the molecule is Cc1cnsc1C(=O)Nc1ccc(-c2cc3c(cc2Cl)OC(F)(F)O3)cn1. The predicted octanol–water partition coefficient (Wildman–Crippen LogP) is 4.74. The van der Waals surface area contributed by atoms with Gasteiger partial charge >= 0.3 is 6.29 Å². The molecule has 27 heavy (non-hydrogen) atoms.